The summed E-state index contributed by atoms with van der Waals surface area (Å²) in [6.45, 7) is 0. The van der Waals surface area contributed by atoms with Gasteiger partial charge in [-0.2, -0.15) is 0 Å². The number of nitrogens with zero attached hydrogens (tertiary/aromatic N) is 1. The summed E-state index contributed by atoms with van der Waals surface area (Å²) in [5.41, 5.74) is 1.75. The van der Waals surface area contributed by atoms with E-state index in [4.69, 9.17) is 9.26 Å². The van der Waals surface area contributed by atoms with Gasteiger partial charge in [0.2, 0.25) is 5.91 Å². The van der Waals surface area contributed by atoms with Crippen molar-refractivity contribution in [2.75, 3.05) is 12.4 Å². The largest absolute Gasteiger partial charge is 0.497 e. The van der Waals surface area contributed by atoms with Crippen LogP contribution in [0.1, 0.15) is 18.5 Å². The zero-order valence-electron chi connectivity index (χ0n) is 13.9. The minimum absolute atomic E-state index is 0.0378. The highest BCUT2D eigenvalue weighted by Gasteiger charge is 2.53. The van der Waals surface area contributed by atoms with Gasteiger partial charge in [0.05, 0.1) is 18.2 Å². The SMILES string of the molecule is COc1cccc(-c2cc(C3(C(=O)Nc4ccccc4)CC3)no2)c1. The minimum atomic E-state index is -0.587. The predicted molar refractivity (Wildman–Crippen MR) is 94.5 cm³/mol. The smallest absolute Gasteiger partial charge is 0.236 e. The number of benzene rings is 2. The van der Waals surface area contributed by atoms with Crippen molar-refractivity contribution in [2.24, 2.45) is 0 Å². The Morgan fingerprint density at radius 3 is 2.64 bits per heavy atom. The summed E-state index contributed by atoms with van der Waals surface area (Å²) in [5, 5.41) is 7.14. The average molecular weight is 334 g/mol. The number of para-hydroxylation sites is 1. The van der Waals surface area contributed by atoms with E-state index in [-0.39, 0.29) is 5.91 Å². The molecule has 25 heavy (non-hydrogen) atoms. The number of methoxy groups -OCH3 is 1. The second-order valence-electron chi connectivity index (χ2n) is 6.21. The molecule has 1 aliphatic carbocycles. The van der Waals surface area contributed by atoms with Gasteiger partial charge in [0.1, 0.15) is 5.75 Å². The first-order valence-corrected chi connectivity index (χ1v) is 8.19. The molecule has 0 spiro atoms. The van der Waals surface area contributed by atoms with E-state index in [0.717, 1.165) is 29.8 Å². The second-order valence-corrected chi connectivity index (χ2v) is 6.21. The van der Waals surface area contributed by atoms with E-state index in [1.807, 2.05) is 60.7 Å². The number of aromatic nitrogens is 1. The third kappa shape index (κ3) is 2.89. The number of carbonyl (C=O) groups excluding carboxylic acids is 1. The standard InChI is InChI=1S/C20H18N2O3/c1-24-16-9-5-6-14(12-16)17-13-18(22-25-17)20(10-11-20)19(23)21-15-7-3-2-4-8-15/h2-9,12-13H,10-11H2,1H3,(H,21,23). The molecule has 4 rings (SSSR count). The maximum Gasteiger partial charge on any atom is 0.236 e. The third-order valence-electron chi connectivity index (χ3n) is 4.57. The average Bonchev–Trinajstić information content (AvgIpc) is 3.32. The molecule has 0 aliphatic heterocycles. The number of rotatable bonds is 5. The number of hydrogen-bond donors (Lipinski definition) is 1. The van der Waals surface area contributed by atoms with Gasteiger partial charge in [-0.05, 0) is 37.1 Å². The Bertz CT molecular complexity index is 898. The molecule has 1 aliphatic rings. The first kappa shape index (κ1) is 15.4. The maximum absolute atomic E-state index is 12.7. The van der Waals surface area contributed by atoms with Crippen LogP contribution in [0, 0.1) is 0 Å². The van der Waals surface area contributed by atoms with Gasteiger partial charge in [0, 0.05) is 17.3 Å². The highest BCUT2D eigenvalue weighted by molar-refractivity contribution is 6.01. The lowest BCUT2D eigenvalue weighted by Crippen LogP contribution is -2.28. The van der Waals surface area contributed by atoms with Crippen LogP contribution in [-0.4, -0.2) is 18.2 Å². The van der Waals surface area contributed by atoms with Gasteiger partial charge in [-0.1, -0.05) is 35.5 Å². The van der Waals surface area contributed by atoms with Crippen LogP contribution in [0.3, 0.4) is 0 Å². The summed E-state index contributed by atoms with van der Waals surface area (Å²) in [7, 11) is 1.62. The van der Waals surface area contributed by atoms with Crippen LogP contribution < -0.4 is 10.1 Å². The van der Waals surface area contributed by atoms with E-state index in [9.17, 15) is 4.79 Å². The molecule has 1 amide bonds. The van der Waals surface area contributed by atoms with Gasteiger partial charge in [-0.25, -0.2) is 0 Å². The zero-order chi connectivity index (χ0) is 17.3. The van der Waals surface area contributed by atoms with Gasteiger partial charge in [-0.15, -0.1) is 0 Å². The summed E-state index contributed by atoms with van der Waals surface area (Å²) in [5.74, 6) is 1.34. The number of ether oxygens (including phenoxy) is 1. The van der Waals surface area contributed by atoms with E-state index in [1.165, 1.54) is 0 Å². The Labute approximate surface area is 145 Å². The molecule has 3 aromatic rings. The summed E-state index contributed by atoms with van der Waals surface area (Å²) >= 11 is 0. The number of hydrogen-bond acceptors (Lipinski definition) is 4. The Morgan fingerprint density at radius 1 is 1.12 bits per heavy atom. The Kier molecular flexibility index (Phi) is 3.76. The lowest BCUT2D eigenvalue weighted by molar-refractivity contribution is -0.118. The van der Waals surface area contributed by atoms with Crippen LogP contribution in [0.25, 0.3) is 11.3 Å². The summed E-state index contributed by atoms with van der Waals surface area (Å²) in [6, 6.07) is 18.9. The van der Waals surface area contributed by atoms with Crippen LogP contribution in [0.15, 0.2) is 65.2 Å². The van der Waals surface area contributed by atoms with E-state index < -0.39 is 5.41 Å². The molecule has 0 unspecified atom stereocenters. The Balaban J connectivity index is 1.57. The fourth-order valence-corrected chi connectivity index (χ4v) is 2.91. The van der Waals surface area contributed by atoms with E-state index in [1.54, 1.807) is 7.11 Å². The van der Waals surface area contributed by atoms with Crippen LogP contribution in [0.4, 0.5) is 5.69 Å². The molecule has 2 aromatic carbocycles. The van der Waals surface area contributed by atoms with Gasteiger partial charge >= 0.3 is 0 Å². The van der Waals surface area contributed by atoms with Gasteiger partial charge in [-0.3, -0.25) is 4.79 Å². The normalized spacial score (nSPS) is 14.8. The topological polar surface area (TPSA) is 64.4 Å². The van der Waals surface area contributed by atoms with E-state index in [0.29, 0.717) is 11.5 Å². The van der Waals surface area contributed by atoms with Gasteiger partial charge in [0.25, 0.3) is 0 Å². The molecular weight excluding hydrogens is 316 g/mol. The Morgan fingerprint density at radius 2 is 1.92 bits per heavy atom. The van der Waals surface area contributed by atoms with Crippen LogP contribution in [-0.2, 0) is 10.2 Å². The number of nitrogens with one attached hydrogen (secondary N) is 1. The van der Waals surface area contributed by atoms with Crippen LogP contribution in [0.2, 0.25) is 0 Å². The van der Waals surface area contributed by atoms with E-state index >= 15 is 0 Å². The van der Waals surface area contributed by atoms with Crippen molar-refractivity contribution in [3.63, 3.8) is 0 Å². The Hall–Kier alpha value is -3.08. The molecule has 0 saturated heterocycles. The van der Waals surface area contributed by atoms with Crippen molar-refractivity contribution in [1.82, 2.24) is 5.16 Å². The van der Waals surface area contributed by atoms with Crippen molar-refractivity contribution in [3.8, 4) is 17.1 Å². The molecule has 1 fully saturated rings. The highest BCUT2D eigenvalue weighted by Crippen LogP contribution is 2.49. The number of carbonyl (C=O) groups is 1. The van der Waals surface area contributed by atoms with E-state index in [2.05, 4.69) is 10.5 Å². The summed E-state index contributed by atoms with van der Waals surface area (Å²) in [4.78, 5) is 12.7. The highest BCUT2D eigenvalue weighted by atomic mass is 16.5. The summed E-state index contributed by atoms with van der Waals surface area (Å²) < 4.78 is 10.7. The van der Waals surface area contributed by atoms with Crippen molar-refractivity contribution < 1.29 is 14.1 Å². The second kappa shape index (κ2) is 6.09. The fraction of sp³-hybridized carbons (Fsp3) is 0.200. The number of amides is 1. The first-order valence-electron chi connectivity index (χ1n) is 8.19. The molecule has 1 N–H and O–H groups in total. The van der Waals surface area contributed by atoms with Gasteiger partial charge in [0.15, 0.2) is 5.76 Å². The van der Waals surface area contributed by atoms with Crippen molar-refractivity contribution in [1.29, 1.82) is 0 Å². The lowest BCUT2D eigenvalue weighted by Gasteiger charge is -2.12. The monoisotopic (exact) mass is 334 g/mol. The molecular formula is C20H18N2O3. The molecule has 0 atom stereocenters. The number of anilines is 1. The quantitative estimate of drug-likeness (QED) is 0.765. The van der Waals surface area contributed by atoms with Gasteiger partial charge < -0.3 is 14.6 Å². The molecule has 0 bridgehead atoms. The molecule has 126 valence electrons. The molecule has 5 nitrogen and oxygen atoms in total. The molecule has 5 heteroatoms. The lowest BCUT2D eigenvalue weighted by atomic mass is 10.00. The molecule has 0 radical (unpaired) electrons. The van der Waals surface area contributed by atoms with Crippen molar-refractivity contribution in [2.45, 2.75) is 18.3 Å². The van der Waals surface area contributed by atoms with Crippen LogP contribution >= 0.6 is 0 Å². The third-order valence-corrected chi connectivity index (χ3v) is 4.57. The molecule has 1 saturated carbocycles. The maximum atomic E-state index is 12.7. The summed E-state index contributed by atoms with van der Waals surface area (Å²) in [6.07, 6.45) is 1.55. The molecule has 1 aromatic heterocycles. The zero-order valence-corrected chi connectivity index (χ0v) is 13.9. The fourth-order valence-electron chi connectivity index (χ4n) is 2.91. The van der Waals surface area contributed by atoms with Crippen LogP contribution in [0.5, 0.6) is 5.75 Å². The minimum Gasteiger partial charge on any atom is -0.497 e. The van der Waals surface area contributed by atoms with Crippen molar-refractivity contribution in [3.05, 3.63) is 66.4 Å². The molecule has 1 heterocycles. The van der Waals surface area contributed by atoms with Crippen molar-refractivity contribution >= 4 is 11.6 Å². The predicted octanol–water partition coefficient (Wildman–Crippen LogP) is 4.02. The first-order chi connectivity index (χ1) is 12.2.